The average Bonchev–Trinajstić information content (AvgIpc) is 2.57. The highest BCUT2D eigenvalue weighted by Crippen LogP contribution is 2.32. The minimum atomic E-state index is -0.529. The van der Waals surface area contributed by atoms with E-state index >= 15 is 0 Å². The molecule has 0 aliphatic carbocycles. The predicted molar refractivity (Wildman–Crippen MR) is 80.3 cm³/mol. The van der Waals surface area contributed by atoms with Gasteiger partial charge in [0, 0.05) is 6.54 Å². The molecule has 0 amide bonds. The molecule has 2 unspecified atom stereocenters. The van der Waals surface area contributed by atoms with Gasteiger partial charge in [-0.1, -0.05) is 46.2 Å². The fraction of sp³-hybridized carbons (Fsp3) is 0.800. The summed E-state index contributed by atoms with van der Waals surface area (Å²) in [5.41, 5.74) is 1.05. The van der Waals surface area contributed by atoms with Crippen LogP contribution in [0.5, 0.6) is 0 Å². The predicted octanol–water partition coefficient (Wildman–Crippen LogP) is 4.44. The molecule has 0 spiro atoms. The van der Waals surface area contributed by atoms with Crippen LogP contribution < -0.4 is 0 Å². The average molecular weight is 287 g/mol. The molecule has 0 radical (unpaired) electrons. The minimum Gasteiger partial charge on any atom is -0.387 e. The van der Waals surface area contributed by atoms with Gasteiger partial charge in [-0.2, -0.15) is 5.10 Å². The van der Waals surface area contributed by atoms with Crippen LogP contribution in [-0.2, 0) is 6.54 Å². The van der Waals surface area contributed by atoms with E-state index in [0.717, 1.165) is 31.5 Å². The van der Waals surface area contributed by atoms with Crippen molar-refractivity contribution in [3.05, 3.63) is 16.9 Å². The van der Waals surface area contributed by atoms with Crippen molar-refractivity contribution in [1.29, 1.82) is 0 Å². The molecule has 0 saturated heterocycles. The SMILES string of the molecule is CCCn1ncc(Cl)c1C(O)CC(C)CC(C)(C)C. The van der Waals surface area contributed by atoms with E-state index in [4.69, 9.17) is 11.6 Å². The largest absolute Gasteiger partial charge is 0.387 e. The van der Waals surface area contributed by atoms with Gasteiger partial charge in [0.1, 0.15) is 0 Å². The summed E-state index contributed by atoms with van der Waals surface area (Å²) in [6.45, 7) is 11.8. The highest BCUT2D eigenvalue weighted by atomic mass is 35.5. The Bertz CT molecular complexity index is 395. The molecule has 0 aliphatic rings. The van der Waals surface area contributed by atoms with Gasteiger partial charge < -0.3 is 5.11 Å². The van der Waals surface area contributed by atoms with Gasteiger partial charge in [-0.15, -0.1) is 0 Å². The van der Waals surface area contributed by atoms with E-state index in [1.165, 1.54) is 0 Å². The summed E-state index contributed by atoms with van der Waals surface area (Å²) in [5, 5.41) is 15.2. The third-order valence-electron chi connectivity index (χ3n) is 3.17. The molecule has 1 heterocycles. The Morgan fingerprint density at radius 3 is 2.58 bits per heavy atom. The summed E-state index contributed by atoms with van der Waals surface area (Å²) in [7, 11) is 0. The number of aliphatic hydroxyl groups excluding tert-OH is 1. The van der Waals surface area contributed by atoms with Crippen molar-refractivity contribution in [2.75, 3.05) is 0 Å². The second kappa shape index (κ2) is 6.76. The maximum absolute atomic E-state index is 10.4. The van der Waals surface area contributed by atoms with Gasteiger partial charge in [0.25, 0.3) is 0 Å². The van der Waals surface area contributed by atoms with Crippen LogP contribution in [-0.4, -0.2) is 14.9 Å². The molecule has 0 fully saturated rings. The third kappa shape index (κ3) is 5.15. The van der Waals surface area contributed by atoms with Gasteiger partial charge in [-0.3, -0.25) is 4.68 Å². The quantitative estimate of drug-likeness (QED) is 0.839. The lowest BCUT2D eigenvalue weighted by atomic mass is 9.83. The van der Waals surface area contributed by atoms with Crippen molar-refractivity contribution < 1.29 is 5.11 Å². The van der Waals surface area contributed by atoms with E-state index in [2.05, 4.69) is 39.7 Å². The Morgan fingerprint density at radius 1 is 1.42 bits per heavy atom. The minimum absolute atomic E-state index is 0.284. The van der Waals surface area contributed by atoms with E-state index in [0.29, 0.717) is 10.9 Å². The number of halogens is 1. The number of nitrogens with zero attached hydrogens (tertiary/aromatic N) is 2. The zero-order chi connectivity index (χ0) is 14.6. The van der Waals surface area contributed by atoms with Gasteiger partial charge in [-0.05, 0) is 30.6 Å². The zero-order valence-electron chi connectivity index (χ0n) is 12.8. The maximum atomic E-state index is 10.4. The zero-order valence-corrected chi connectivity index (χ0v) is 13.5. The second-order valence-electron chi connectivity index (χ2n) is 6.72. The lowest BCUT2D eigenvalue weighted by Crippen LogP contribution is -2.16. The van der Waals surface area contributed by atoms with Crippen molar-refractivity contribution in [1.82, 2.24) is 9.78 Å². The molecule has 0 bridgehead atoms. The van der Waals surface area contributed by atoms with Crippen LogP contribution in [0.3, 0.4) is 0 Å². The molecule has 4 heteroatoms. The lowest BCUT2D eigenvalue weighted by molar-refractivity contribution is 0.125. The molecule has 1 N–H and O–H groups in total. The van der Waals surface area contributed by atoms with Crippen molar-refractivity contribution in [2.24, 2.45) is 11.3 Å². The molecule has 19 heavy (non-hydrogen) atoms. The lowest BCUT2D eigenvalue weighted by Gasteiger charge is -2.25. The number of aliphatic hydroxyl groups is 1. The number of aryl methyl sites for hydroxylation is 1. The Labute approximate surface area is 122 Å². The standard InChI is InChI=1S/C15H27ClN2O/c1-6-7-18-14(12(16)10-17-18)13(19)8-11(2)9-15(3,4)5/h10-11,13,19H,6-9H2,1-5H3. The van der Waals surface area contributed by atoms with E-state index < -0.39 is 6.10 Å². The molecule has 1 rings (SSSR count). The molecule has 1 aromatic heterocycles. The first-order valence-electron chi connectivity index (χ1n) is 7.14. The monoisotopic (exact) mass is 286 g/mol. The Kier molecular flexibility index (Phi) is 5.87. The molecule has 0 aromatic carbocycles. The Morgan fingerprint density at radius 2 is 2.05 bits per heavy atom. The Balaban J connectivity index is 2.72. The van der Waals surface area contributed by atoms with Crippen molar-refractivity contribution >= 4 is 11.6 Å². The smallest absolute Gasteiger partial charge is 0.0974 e. The fourth-order valence-electron chi connectivity index (χ4n) is 2.71. The van der Waals surface area contributed by atoms with E-state index in [1.807, 2.05) is 4.68 Å². The molecule has 1 aromatic rings. The van der Waals surface area contributed by atoms with Crippen LogP contribution in [0.15, 0.2) is 6.20 Å². The summed E-state index contributed by atoms with van der Waals surface area (Å²) >= 11 is 6.15. The molecule has 2 atom stereocenters. The molecule has 0 saturated carbocycles. The van der Waals surface area contributed by atoms with Gasteiger partial charge >= 0.3 is 0 Å². The first kappa shape index (κ1) is 16.5. The van der Waals surface area contributed by atoms with E-state index in [-0.39, 0.29) is 5.41 Å². The summed E-state index contributed by atoms with van der Waals surface area (Å²) in [5.74, 6) is 0.455. The van der Waals surface area contributed by atoms with Gasteiger partial charge in [0.05, 0.1) is 23.0 Å². The maximum Gasteiger partial charge on any atom is 0.0974 e. The summed E-state index contributed by atoms with van der Waals surface area (Å²) in [4.78, 5) is 0. The highest BCUT2D eigenvalue weighted by molar-refractivity contribution is 6.31. The van der Waals surface area contributed by atoms with Gasteiger partial charge in [-0.25, -0.2) is 0 Å². The first-order chi connectivity index (χ1) is 8.74. The number of rotatable bonds is 6. The molecule has 110 valence electrons. The van der Waals surface area contributed by atoms with Gasteiger partial charge in [0.15, 0.2) is 0 Å². The van der Waals surface area contributed by atoms with Crippen molar-refractivity contribution in [3.63, 3.8) is 0 Å². The fourth-order valence-corrected chi connectivity index (χ4v) is 2.98. The van der Waals surface area contributed by atoms with Crippen LogP contribution in [0.4, 0.5) is 0 Å². The second-order valence-corrected chi connectivity index (χ2v) is 7.13. The topological polar surface area (TPSA) is 38.0 Å². The molecular weight excluding hydrogens is 260 g/mol. The summed E-state index contributed by atoms with van der Waals surface area (Å²) in [6, 6.07) is 0. The Hall–Kier alpha value is -0.540. The highest BCUT2D eigenvalue weighted by Gasteiger charge is 2.23. The van der Waals surface area contributed by atoms with E-state index in [1.54, 1.807) is 6.20 Å². The normalized spacial score (nSPS) is 15.5. The van der Waals surface area contributed by atoms with Crippen molar-refractivity contribution in [3.8, 4) is 0 Å². The van der Waals surface area contributed by atoms with Crippen LogP contribution in [0, 0.1) is 11.3 Å². The van der Waals surface area contributed by atoms with Crippen molar-refractivity contribution in [2.45, 2.75) is 66.5 Å². The number of hydrogen-bond acceptors (Lipinski definition) is 2. The molecule has 3 nitrogen and oxygen atoms in total. The number of hydrogen-bond donors (Lipinski definition) is 1. The van der Waals surface area contributed by atoms with Crippen LogP contribution in [0.25, 0.3) is 0 Å². The summed E-state index contributed by atoms with van der Waals surface area (Å²) in [6.07, 6.45) is 3.90. The molecule has 0 aliphatic heterocycles. The summed E-state index contributed by atoms with van der Waals surface area (Å²) < 4.78 is 1.83. The first-order valence-corrected chi connectivity index (χ1v) is 7.51. The van der Waals surface area contributed by atoms with E-state index in [9.17, 15) is 5.11 Å². The van der Waals surface area contributed by atoms with Crippen LogP contribution in [0.2, 0.25) is 5.02 Å². The van der Waals surface area contributed by atoms with Crippen LogP contribution >= 0.6 is 11.6 Å². The van der Waals surface area contributed by atoms with Gasteiger partial charge in [0.2, 0.25) is 0 Å². The van der Waals surface area contributed by atoms with Crippen LogP contribution in [0.1, 0.15) is 65.7 Å². The third-order valence-corrected chi connectivity index (χ3v) is 3.46. The number of aromatic nitrogens is 2. The molecular formula is C15H27ClN2O.